The van der Waals surface area contributed by atoms with Gasteiger partial charge in [0.2, 0.25) is 0 Å². The van der Waals surface area contributed by atoms with Crippen LogP contribution in [0.2, 0.25) is 5.02 Å². The Labute approximate surface area is 115 Å². The van der Waals surface area contributed by atoms with Crippen LogP contribution in [-0.4, -0.2) is 27.1 Å². The molecule has 1 aromatic carbocycles. The zero-order chi connectivity index (χ0) is 13.8. The van der Waals surface area contributed by atoms with Gasteiger partial charge in [-0.1, -0.05) is 24.9 Å². The summed E-state index contributed by atoms with van der Waals surface area (Å²) in [4.78, 5) is 19.4. The van der Waals surface area contributed by atoms with Crippen LogP contribution < -0.4 is 5.32 Å². The quantitative estimate of drug-likeness (QED) is 0.880. The number of hydrogen-bond donors (Lipinski definition) is 2. The maximum atomic E-state index is 11.2. The Morgan fingerprint density at radius 3 is 2.95 bits per heavy atom. The number of carboxylic acid groups (broad SMARTS) is 1. The summed E-state index contributed by atoms with van der Waals surface area (Å²) in [7, 11) is 0. The number of nitrogens with zero attached hydrogens (tertiary/aromatic N) is 2. The molecule has 0 radical (unpaired) electrons. The van der Waals surface area contributed by atoms with Gasteiger partial charge in [0, 0.05) is 10.4 Å². The number of nitrogens with one attached hydrogen (secondary N) is 1. The molecule has 2 N–H and O–H groups in total. The lowest BCUT2D eigenvalue weighted by Crippen LogP contribution is -2.29. The standard InChI is InChI=1S/C13H14ClN3O2/c1-2-3-10(13(18)19)17-12-9-5-4-8(14)6-11(9)15-7-16-12/h4-7,10H,2-3H2,1H3,(H,18,19)(H,15,16,17). The molecular formula is C13H14ClN3O2. The van der Waals surface area contributed by atoms with Crippen molar-refractivity contribution in [1.29, 1.82) is 0 Å². The molecule has 0 spiro atoms. The molecule has 0 aliphatic rings. The molecular weight excluding hydrogens is 266 g/mol. The van der Waals surface area contributed by atoms with Gasteiger partial charge in [-0.05, 0) is 24.6 Å². The van der Waals surface area contributed by atoms with E-state index in [1.54, 1.807) is 18.2 Å². The average Bonchev–Trinajstić information content (AvgIpc) is 2.37. The number of carbonyl (C=O) groups is 1. The third kappa shape index (κ3) is 3.12. The fraction of sp³-hybridized carbons (Fsp3) is 0.308. The molecule has 0 aliphatic heterocycles. The lowest BCUT2D eigenvalue weighted by molar-refractivity contribution is -0.138. The Kier molecular flexibility index (Phi) is 4.16. The van der Waals surface area contributed by atoms with E-state index in [0.717, 1.165) is 11.8 Å². The lowest BCUT2D eigenvalue weighted by Gasteiger charge is -2.15. The van der Waals surface area contributed by atoms with Gasteiger partial charge < -0.3 is 10.4 Å². The van der Waals surface area contributed by atoms with E-state index in [0.29, 0.717) is 22.8 Å². The van der Waals surface area contributed by atoms with Gasteiger partial charge in [-0.15, -0.1) is 0 Å². The molecule has 0 aliphatic carbocycles. The molecule has 6 heteroatoms. The molecule has 0 amide bonds. The predicted octanol–water partition coefficient (Wildman–Crippen LogP) is 2.95. The molecule has 0 bridgehead atoms. The maximum absolute atomic E-state index is 11.2. The first-order chi connectivity index (χ1) is 9.11. The third-order valence-electron chi connectivity index (χ3n) is 2.78. The molecule has 1 heterocycles. The Hall–Kier alpha value is -1.88. The van der Waals surface area contributed by atoms with E-state index in [4.69, 9.17) is 16.7 Å². The molecule has 100 valence electrons. The van der Waals surface area contributed by atoms with E-state index in [2.05, 4.69) is 15.3 Å². The van der Waals surface area contributed by atoms with Crippen LogP contribution in [0.4, 0.5) is 5.82 Å². The second kappa shape index (κ2) is 5.84. The van der Waals surface area contributed by atoms with Crippen molar-refractivity contribution in [2.24, 2.45) is 0 Å². The Morgan fingerprint density at radius 2 is 2.26 bits per heavy atom. The molecule has 2 aromatic rings. The molecule has 1 unspecified atom stereocenters. The summed E-state index contributed by atoms with van der Waals surface area (Å²) in [6, 6.07) is 4.58. The first-order valence-corrected chi connectivity index (χ1v) is 6.39. The highest BCUT2D eigenvalue weighted by atomic mass is 35.5. The molecule has 5 nitrogen and oxygen atoms in total. The van der Waals surface area contributed by atoms with E-state index >= 15 is 0 Å². The smallest absolute Gasteiger partial charge is 0.326 e. The molecule has 0 fully saturated rings. The molecule has 1 aromatic heterocycles. The summed E-state index contributed by atoms with van der Waals surface area (Å²) < 4.78 is 0. The highest BCUT2D eigenvalue weighted by Crippen LogP contribution is 2.23. The summed E-state index contributed by atoms with van der Waals surface area (Å²) in [6.45, 7) is 1.94. The topological polar surface area (TPSA) is 75.1 Å². The van der Waals surface area contributed by atoms with Crippen LogP contribution in [-0.2, 0) is 4.79 Å². The van der Waals surface area contributed by atoms with Crippen molar-refractivity contribution in [2.75, 3.05) is 5.32 Å². The summed E-state index contributed by atoms with van der Waals surface area (Å²) >= 11 is 5.90. The van der Waals surface area contributed by atoms with Gasteiger partial charge in [0.1, 0.15) is 18.2 Å². The van der Waals surface area contributed by atoms with Crippen LogP contribution in [0.1, 0.15) is 19.8 Å². The van der Waals surface area contributed by atoms with Gasteiger partial charge in [0.05, 0.1) is 5.52 Å². The van der Waals surface area contributed by atoms with Crippen LogP contribution in [0.5, 0.6) is 0 Å². The highest BCUT2D eigenvalue weighted by molar-refractivity contribution is 6.31. The minimum Gasteiger partial charge on any atom is -0.480 e. The summed E-state index contributed by atoms with van der Waals surface area (Å²) in [5.41, 5.74) is 0.686. The fourth-order valence-corrected chi connectivity index (χ4v) is 2.02. The van der Waals surface area contributed by atoms with Gasteiger partial charge in [0.15, 0.2) is 0 Å². The number of aliphatic carboxylic acids is 1. The molecule has 19 heavy (non-hydrogen) atoms. The minimum absolute atomic E-state index is 0.516. The Morgan fingerprint density at radius 1 is 1.47 bits per heavy atom. The summed E-state index contributed by atoms with van der Waals surface area (Å²) in [5.74, 6) is -0.370. The third-order valence-corrected chi connectivity index (χ3v) is 3.02. The normalized spacial score (nSPS) is 12.3. The Bertz CT molecular complexity index is 603. The second-order valence-electron chi connectivity index (χ2n) is 4.21. The average molecular weight is 280 g/mol. The monoisotopic (exact) mass is 279 g/mol. The number of fused-ring (bicyclic) bond motifs is 1. The summed E-state index contributed by atoms with van der Waals surface area (Å²) in [5, 5.41) is 13.4. The second-order valence-corrected chi connectivity index (χ2v) is 4.64. The van der Waals surface area contributed by atoms with Gasteiger partial charge in [-0.3, -0.25) is 0 Å². The predicted molar refractivity (Wildman–Crippen MR) is 74.5 cm³/mol. The Balaban J connectivity index is 2.36. The maximum Gasteiger partial charge on any atom is 0.326 e. The van der Waals surface area contributed by atoms with Crippen LogP contribution in [0.3, 0.4) is 0 Å². The van der Waals surface area contributed by atoms with Crippen molar-refractivity contribution in [2.45, 2.75) is 25.8 Å². The van der Waals surface area contributed by atoms with Crippen molar-refractivity contribution < 1.29 is 9.90 Å². The molecule has 0 saturated heterocycles. The molecule has 0 saturated carbocycles. The van der Waals surface area contributed by atoms with Gasteiger partial charge in [-0.2, -0.15) is 0 Å². The van der Waals surface area contributed by atoms with E-state index < -0.39 is 12.0 Å². The zero-order valence-corrected chi connectivity index (χ0v) is 11.2. The van der Waals surface area contributed by atoms with Crippen LogP contribution in [0.15, 0.2) is 24.5 Å². The number of carboxylic acids is 1. The number of benzene rings is 1. The van der Waals surface area contributed by atoms with Crippen LogP contribution >= 0.6 is 11.6 Å². The first-order valence-electron chi connectivity index (χ1n) is 6.01. The van der Waals surface area contributed by atoms with Crippen molar-refractivity contribution in [3.63, 3.8) is 0 Å². The number of hydrogen-bond acceptors (Lipinski definition) is 4. The van der Waals surface area contributed by atoms with Gasteiger partial charge in [-0.25, -0.2) is 14.8 Å². The largest absolute Gasteiger partial charge is 0.480 e. The fourth-order valence-electron chi connectivity index (χ4n) is 1.86. The van der Waals surface area contributed by atoms with Crippen molar-refractivity contribution >= 4 is 34.3 Å². The molecule has 1 atom stereocenters. The number of rotatable bonds is 5. The van der Waals surface area contributed by atoms with E-state index in [9.17, 15) is 4.79 Å². The van der Waals surface area contributed by atoms with Crippen LogP contribution in [0.25, 0.3) is 10.9 Å². The van der Waals surface area contributed by atoms with Crippen molar-refractivity contribution in [1.82, 2.24) is 9.97 Å². The zero-order valence-electron chi connectivity index (χ0n) is 10.4. The van der Waals surface area contributed by atoms with E-state index in [1.165, 1.54) is 6.33 Å². The van der Waals surface area contributed by atoms with Crippen molar-refractivity contribution in [3.05, 3.63) is 29.5 Å². The highest BCUT2D eigenvalue weighted by Gasteiger charge is 2.17. The summed E-state index contributed by atoms with van der Waals surface area (Å²) in [6.07, 6.45) is 2.71. The molecule has 2 rings (SSSR count). The SMILES string of the molecule is CCCC(Nc1ncnc2cc(Cl)ccc12)C(=O)O. The van der Waals surface area contributed by atoms with E-state index in [1.807, 2.05) is 6.92 Å². The number of anilines is 1. The van der Waals surface area contributed by atoms with Crippen molar-refractivity contribution in [3.8, 4) is 0 Å². The van der Waals surface area contributed by atoms with Crippen LogP contribution in [0, 0.1) is 0 Å². The lowest BCUT2D eigenvalue weighted by atomic mass is 10.1. The number of aromatic nitrogens is 2. The van der Waals surface area contributed by atoms with Gasteiger partial charge in [0.25, 0.3) is 0 Å². The van der Waals surface area contributed by atoms with Gasteiger partial charge >= 0.3 is 5.97 Å². The first kappa shape index (κ1) is 13.5. The number of halogens is 1. The van der Waals surface area contributed by atoms with E-state index in [-0.39, 0.29) is 0 Å². The minimum atomic E-state index is -0.887.